The number of piperidine rings is 1. The molecular formula is C24H33N5O3S. The smallest absolute Gasteiger partial charge is 0.246 e. The summed E-state index contributed by atoms with van der Waals surface area (Å²) in [4.78, 5) is 20.0. The standard InChI is InChI=1S/C24H33N5O3S/c1-3-8-26-22-14-17(5-9-27-22)18-12-19-21(15-28-23(19)20(13-18)24(25)30)16-6-10-29(11-7-16)33(31,32)4-2/h5,9,12,14-16,18,28H,3-4,6-8,10-11,13H2,1-2H3,(H2,25,30)(H,26,27). The van der Waals surface area contributed by atoms with Crippen LogP contribution in [0.2, 0.25) is 0 Å². The number of primary amides is 1. The molecule has 1 unspecified atom stereocenters. The number of hydrogen-bond donors (Lipinski definition) is 3. The number of fused-ring (bicyclic) bond motifs is 1. The highest BCUT2D eigenvalue weighted by Gasteiger charge is 2.30. The van der Waals surface area contributed by atoms with E-state index in [9.17, 15) is 13.2 Å². The average Bonchev–Trinajstić information content (AvgIpc) is 3.26. The number of anilines is 1. The lowest BCUT2D eigenvalue weighted by Crippen LogP contribution is -2.41. The minimum Gasteiger partial charge on any atom is -0.370 e. The second-order valence-corrected chi connectivity index (χ2v) is 11.1. The predicted molar refractivity (Wildman–Crippen MR) is 130 cm³/mol. The zero-order valence-electron chi connectivity index (χ0n) is 19.3. The predicted octanol–water partition coefficient (Wildman–Crippen LogP) is 1.36. The Bertz CT molecular complexity index is 1240. The van der Waals surface area contributed by atoms with Crippen LogP contribution in [-0.2, 0) is 14.8 Å². The number of sulfonamides is 1. The summed E-state index contributed by atoms with van der Waals surface area (Å²) in [6.45, 7) is 5.68. The summed E-state index contributed by atoms with van der Waals surface area (Å²) in [6.07, 6.45) is 9.05. The van der Waals surface area contributed by atoms with E-state index < -0.39 is 15.9 Å². The first-order valence-corrected chi connectivity index (χ1v) is 13.3. The molecule has 0 radical (unpaired) electrons. The Hall–Kier alpha value is -2.65. The van der Waals surface area contributed by atoms with Gasteiger partial charge in [0.1, 0.15) is 5.82 Å². The van der Waals surface area contributed by atoms with Gasteiger partial charge in [-0.25, -0.2) is 17.7 Å². The molecule has 2 aliphatic rings. The number of nitrogens with one attached hydrogen (secondary N) is 2. The Labute approximate surface area is 195 Å². The first kappa shape index (κ1) is 23.5. The van der Waals surface area contributed by atoms with Crippen LogP contribution in [0.1, 0.15) is 62.5 Å². The number of pyridine rings is 1. The van der Waals surface area contributed by atoms with Crippen molar-refractivity contribution < 1.29 is 13.2 Å². The molecule has 178 valence electrons. The van der Waals surface area contributed by atoms with Crippen LogP contribution in [-0.4, -0.2) is 54.0 Å². The number of rotatable bonds is 8. The number of nitrogens with two attached hydrogens (primary N) is 1. The first-order valence-electron chi connectivity index (χ1n) is 11.7. The van der Waals surface area contributed by atoms with E-state index in [0.29, 0.717) is 25.1 Å². The van der Waals surface area contributed by atoms with Gasteiger partial charge in [0.05, 0.1) is 11.1 Å². The molecule has 1 aliphatic carbocycles. The number of H-pyrrole nitrogens is 1. The number of aromatic amines is 1. The maximum atomic E-state index is 12.3. The Morgan fingerprint density at radius 2 is 2.06 bits per heavy atom. The van der Waals surface area contributed by atoms with Crippen LogP contribution in [0.25, 0.3) is 11.6 Å². The summed E-state index contributed by atoms with van der Waals surface area (Å²) in [5, 5.41) is 5.15. The van der Waals surface area contributed by atoms with Crippen LogP contribution in [0, 0.1) is 0 Å². The summed E-state index contributed by atoms with van der Waals surface area (Å²) in [6, 6.07) is 4.03. The van der Waals surface area contributed by atoms with Gasteiger partial charge in [-0.2, -0.15) is 0 Å². The lowest BCUT2D eigenvalue weighted by atomic mass is 9.84. The number of carbonyl (C=O) groups excluding carboxylic acids is 1. The van der Waals surface area contributed by atoms with Gasteiger partial charge < -0.3 is 16.0 Å². The van der Waals surface area contributed by atoms with E-state index in [-0.39, 0.29) is 17.6 Å². The lowest BCUT2D eigenvalue weighted by molar-refractivity contribution is -0.113. The van der Waals surface area contributed by atoms with Crippen molar-refractivity contribution in [3.63, 3.8) is 0 Å². The molecule has 1 amide bonds. The van der Waals surface area contributed by atoms with Crippen molar-refractivity contribution >= 4 is 33.4 Å². The molecule has 2 aromatic heterocycles. The summed E-state index contributed by atoms with van der Waals surface area (Å²) in [5.41, 5.74) is 8.61. The number of nitrogens with zero attached hydrogens (tertiary/aromatic N) is 2. The molecule has 2 aromatic rings. The molecular weight excluding hydrogens is 438 g/mol. The van der Waals surface area contributed by atoms with Gasteiger partial charge in [-0.1, -0.05) is 13.0 Å². The van der Waals surface area contributed by atoms with Gasteiger partial charge in [0.15, 0.2) is 0 Å². The van der Waals surface area contributed by atoms with Crippen LogP contribution in [0.3, 0.4) is 0 Å². The summed E-state index contributed by atoms with van der Waals surface area (Å²) >= 11 is 0. The second-order valence-electron chi connectivity index (χ2n) is 8.83. The zero-order valence-corrected chi connectivity index (χ0v) is 20.1. The van der Waals surface area contributed by atoms with Gasteiger partial charge in [-0.3, -0.25) is 4.79 Å². The quantitative estimate of drug-likeness (QED) is 0.537. The third-order valence-electron chi connectivity index (χ3n) is 6.76. The van der Waals surface area contributed by atoms with Gasteiger partial charge >= 0.3 is 0 Å². The highest BCUT2D eigenvalue weighted by Crippen LogP contribution is 2.31. The van der Waals surface area contributed by atoms with Crippen molar-refractivity contribution in [3.8, 4) is 0 Å². The van der Waals surface area contributed by atoms with Crippen LogP contribution in [0.15, 0.2) is 24.5 Å². The van der Waals surface area contributed by atoms with E-state index in [2.05, 4.69) is 28.3 Å². The monoisotopic (exact) mass is 471 g/mol. The molecule has 4 rings (SSSR count). The van der Waals surface area contributed by atoms with Crippen LogP contribution < -0.4 is 21.6 Å². The van der Waals surface area contributed by atoms with Crippen molar-refractivity contribution in [1.29, 1.82) is 0 Å². The number of hydrogen-bond acceptors (Lipinski definition) is 5. The van der Waals surface area contributed by atoms with Gasteiger partial charge in [0, 0.05) is 43.5 Å². The van der Waals surface area contributed by atoms with Crippen molar-refractivity contribution in [3.05, 3.63) is 46.2 Å². The second kappa shape index (κ2) is 9.69. The minimum atomic E-state index is -3.17. The number of carbonyl (C=O) groups is 1. The van der Waals surface area contributed by atoms with Crippen molar-refractivity contribution in [2.24, 2.45) is 5.73 Å². The summed E-state index contributed by atoms with van der Waals surface area (Å²) in [5.74, 6) is 0.792. The van der Waals surface area contributed by atoms with Crippen LogP contribution in [0.4, 0.5) is 5.82 Å². The SMILES string of the molecule is CCCNc1cc(C2C=c3c(C4CCN(S(=O)(=O)CC)CC4)c[nH]c3=C(C(N)=O)C2)ccn1. The largest absolute Gasteiger partial charge is 0.370 e. The fraction of sp³-hybridized carbons (Fsp3) is 0.500. The Kier molecular flexibility index (Phi) is 6.90. The summed E-state index contributed by atoms with van der Waals surface area (Å²) in [7, 11) is -3.17. The molecule has 0 spiro atoms. The normalized spacial score (nSPS) is 19.7. The third-order valence-corrected chi connectivity index (χ3v) is 8.65. The Morgan fingerprint density at radius 1 is 1.30 bits per heavy atom. The van der Waals surface area contributed by atoms with E-state index in [1.54, 1.807) is 17.4 Å². The van der Waals surface area contributed by atoms with E-state index in [4.69, 9.17) is 5.73 Å². The molecule has 8 nitrogen and oxygen atoms in total. The van der Waals surface area contributed by atoms with Gasteiger partial charge in [0.2, 0.25) is 15.9 Å². The molecule has 1 aliphatic heterocycles. The summed E-state index contributed by atoms with van der Waals surface area (Å²) < 4.78 is 26.1. The Morgan fingerprint density at radius 3 is 2.73 bits per heavy atom. The molecule has 1 atom stereocenters. The molecule has 0 aromatic carbocycles. The number of amides is 1. The van der Waals surface area contributed by atoms with E-state index in [1.165, 1.54) is 0 Å². The maximum Gasteiger partial charge on any atom is 0.246 e. The van der Waals surface area contributed by atoms with Crippen LogP contribution >= 0.6 is 0 Å². The molecule has 9 heteroatoms. The average molecular weight is 472 g/mol. The van der Waals surface area contributed by atoms with Crippen molar-refractivity contribution in [2.75, 3.05) is 30.7 Å². The highest BCUT2D eigenvalue weighted by molar-refractivity contribution is 7.89. The van der Waals surface area contributed by atoms with Crippen molar-refractivity contribution in [1.82, 2.24) is 14.3 Å². The molecule has 0 saturated carbocycles. The van der Waals surface area contributed by atoms with Gasteiger partial charge in [-0.15, -0.1) is 0 Å². The van der Waals surface area contributed by atoms with Gasteiger partial charge in [-0.05, 0) is 67.0 Å². The minimum absolute atomic E-state index is 0.0142. The van der Waals surface area contributed by atoms with Crippen LogP contribution in [0.5, 0.6) is 0 Å². The third kappa shape index (κ3) is 4.84. The molecule has 33 heavy (non-hydrogen) atoms. The molecule has 0 bridgehead atoms. The molecule has 3 heterocycles. The lowest BCUT2D eigenvalue weighted by Gasteiger charge is -2.31. The number of aromatic nitrogens is 2. The molecule has 1 saturated heterocycles. The highest BCUT2D eigenvalue weighted by atomic mass is 32.2. The topological polar surface area (TPSA) is 121 Å². The first-order chi connectivity index (χ1) is 15.8. The Balaban J connectivity index is 1.67. The maximum absolute atomic E-state index is 12.3. The van der Waals surface area contributed by atoms with E-state index >= 15 is 0 Å². The molecule has 4 N–H and O–H groups in total. The molecule has 1 fully saturated rings. The fourth-order valence-electron chi connectivity index (χ4n) is 4.89. The van der Waals surface area contributed by atoms with E-state index in [0.717, 1.165) is 53.3 Å². The zero-order chi connectivity index (χ0) is 23.6. The van der Waals surface area contributed by atoms with Gasteiger partial charge in [0.25, 0.3) is 0 Å². The van der Waals surface area contributed by atoms with Crippen molar-refractivity contribution in [2.45, 2.75) is 51.4 Å². The van der Waals surface area contributed by atoms with E-state index in [1.807, 2.05) is 18.3 Å². The fourth-order valence-corrected chi connectivity index (χ4v) is 6.02.